The van der Waals surface area contributed by atoms with E-state index in [1.54, 1.807) is 12.1 Å². The first-order chi connectivity index (χ1) is 10.7. The third-order valence-corrected chi connectivity index (χ3v) is 4.50. The van der Waals surface area contributed by atoms with Crippen LogP contribution in [0.15, 0.2) is 35.1 Å². The van der Waals surface area contributed by atoms with Gasteiger partial charge in [0.1, 0.15) is 0 Å². The Kier molecular flexibility index (Phi) is 5.03. The van der Waals surface area contributed by atoms with Crippen LogP contribution in [0, 0.1) is 6.92 Å². The molecule has 124 valence electrons. The first kappa shape index (κ1) is 17.4. The lowest BCUT2D eigenvalue weighted by Crippen LogP contribution is -2.25. The molecular weight excluding hydrogens is 296 g/mol. The standard InChI is InChI=1S/C19H23F2NO/c1-5-19(3,4)16-12(2)10-15(18(23)22-16)11-13-6-8-14(9-7-13)17(20)21/h6-10,17H,5,11H2,1-4H3,(H,22,23). The number of aromatic nitrogens is 1. The molecule has 2 nitrogen and oxygen atoms in total. The van der Waals surface area contributed by atoms with Gasteiger partial charge in [0, 0.05) is 28.7 Å². The summed E-state index contributed by atoms with van der Waals surface area (Å²) in [6, 6.07) is 8.04. The molecule has 0 unspecified atom stereocenters. The predicted octanol–water partition coefficient (Wildman–Crippen LogP) is 4.90. The van der Waals surface area contributed by atoms with E-state index in [-0.39, 0.29) is 16.5 Å². The van der Waals surface area contributed by atoms with Gasteiger partial charge in [-0.3, -0.25) is 4.79 Å². The molecule has 0 atom stereocenters. The van der Waals surface area contributed by atoms with Gasteiger partial charge in [-0.2, -0.15) is 0 Å². The smallest absolute Gasteiger partial charge is 0.263 e. The van der Waals surface area contributed by atoms with Crippen molar-refractivity contribution in [3.05, 3.63) is 68.6 Å². The van der Waals surface area contributed by atoms with E-state index in [4.69, 9.17) is 0 Å². The molecule has 0 radical (unpaired) electrons. The molecule has 1 N–H and O–H groups in total. The maximum atomic E-state index is 12.6. The van der Waals surface area contributed by atoms with E-state index >= 15 is 0 Å². The molecule has 0 saturated heterocycles. The largest absolute Gasteiger partial charge is 0.325 e. The number of halogens is 2. The van der Waals surface area contributed by atoms with Crippen LogP contribution in [0.2, 0.25) is 0 Å². The van der Waals surface area contributed by atoms with Crippen molar-refractivity contribution in [2.45, 2.75) is 52.4 Å². The summed E-state index contributed by atoms with van der Waals surface area (Å²) >= 11 is 0. The van der Waals surface area contributed by atoms with Gasteiger partial charge in [-0.15, -0.1) is 0 Å². The zero-order valence-corrected chi connectivity index (χ0v) is 14.0. The average Bonchev–Trinajstić information content (AvgIpc) is 2.51. The first-order valence-corrected chi connectivity index (χ1v) is 7.85. The molecule has 1 aromatic carbocycles. The van der Waals surface area contributed by atoms with Crippen molar-refractivity contribution in [2.75, 3.05) is 0 Å². The Morgan fingerprint density at radius 3 is 2.30 bits per heavy atom. The van der Waals surface area contributed by atoms with E-state index < -0.39 is 6.43 Å². The lowest BCUT2D eigenvalue weighted by molar-refractivity contribution is 0.151. The van der Waals surface area contributed by atoms with Gasteiger partial charge in [-0.1, -0.05) is 45.0 Å². The van der Waals surface area contributed by atoms with E-state index in [9.17, 15) is 13.6 Å². The zero-order valence-electron chi connectivity index (χ0n) is 14.0. The molecule has 0 amide bonds. The van der Waals surface area contributed by atoms with Gasteiger partial charge >= 0.3 is 0 Å². The maximum absolute atomic E-state index is 12.6. The number of rotatable bonds is 5. The Balaban J connectivity index is 2.31. The van der Waals surface area contributed by atoms with Crippen LogP contribution < -0.4 is 5.56 Å². The Hall–Kier alpha value is -1.97. The highest BCUT2D eigenvalue weighted by Gasteiger charge is 2.22. The molecular formula is C19H23F2NO. The molecule has 1 aromatic heterocycles. The highest BCUT2D eigenvalue weighted by atomic mass is 19.3. The van der Waals surface area contributed by atoms with Crippen molar-refractivity contribution in [3.63, 3.8) is 0 Å². The summed E-state index contributed by atoms with van der Waals surface area (Å²) in [7, 11) is 0. The molecule has 1 heterocycles. The van der Waals surface area contributed by atoms with E-state index in [0.717, 1.165) is 23.2 Å². The van der Waals surface area contributed by atoms with Crippen molar-refractivity contribution in [1.82, 2.24) is 4.98 Å². The molecule has 2 aromatic rings. The van der Waals surface area contributed by atoms with Gasteiger partial charge < -0.3 is 4.98 Å². The fourth-order valence-corrected chi connectivity index (χ4v) is 2.70. The van der Waals surface area contributed by atoms with Crippen molar-refractivity contribution >= 4 is 0 Å². The van der Waals surface area contributed by atoms with E-state index in [0.29, 0.717) is 12.0 Å². The van der Waals surface area contributed by atoms with Gasteiger partial charge in [0.15, 0.2) is 0 Å². The zero-order chi connectivity index (χ0) is 17.2. The second kappa shape index (κ2) is 6.65. The molecule has 4 heteroatoms. The second-order valence-corrected chi connectivity index (χ2v) is 6.64. The minimum atomic E-state index is -2.47. The minimum Gasteiger partial charge on any atom is -0.325 e. The van der Waals surface area contributed by atoms with E-state index in [2.05, 4.69) is 25.8 Å². The SMILES string of the molecule is CCC(C)(C)c1[nH]c(=O)c(Cc2ccc(C(F)F)cc2)cc1C. The number of benzene rings is 1. The van der Waals surface area contributed by atoms with E-state index in [1.165, 1.54) is 12.1 Å². The summed E-state index contributed by atoms with van der Waals surface area (Å²) in [5, 5.41) is 0. The summed E-state index contributed by atoms with van der Waals surface area (Å²) in [6.45, 7) is 8.30. The number of aromatic amines is 1. The number of hydrogen-bond acceptors (Lipinski definition) is 1. The summed E-state index contributed by atoms with van der Waals surface area (Å²) < 4.78 is 25.2. The third kappa shape index (κ3) is 3.87. The summed E-state index contributed by atoms with van der Waals surface area (Å²) in [4.78, 5) is 15.4. The Labute approximate surface area is 135 Å². The fraction of sp³-hybridized carbons (Fsp3) is 0.421. The van der Waals surface area contributed by atoms with Gasteiger partial charge in [-0.05, 0) is 30.5 Å². The lowest BCUT2D eigenvalue weighted by atomic mass is 9.83. The molecule has 0 fully saturated rings. The number of pyridine rings is 1. The molecule has 0 spiro atoms. The predicted molar refractivity (Wildman–Crippen MR) is 89.3 cm³/mol. The van der Waals surface area contributed by atoms with Gasteiger partial charge in [0.05, 0.1) is 0 Å². The Morgan fingerprint density at radius 2 is 1.78 bits per heavy atom. The highest BCUT2D eigenvalue weighted by Crippen LogP contribution is 2.27. The molecule has 0 aliphatic carbocycles. The average molecular weight is 319 g/mol. The topological polar surface area (TPSA) is 32.9 Å². The van der Waals surface area contributed by atoms with Crippen molar-refractivity contribution in [1.29, 1.82) is 0 Å². The van der Waals surface area contributed by atoms with E-state index in [1.807, 2.05) is 13.0 Å². The van der Waals surface area contributed by atoms with Crippen LogP contribution in [-0.2, 0) is 11.8 Å². The van der Waals surface area contributed by atoms with Gasteiger partial charge in [0.2, 0.25) is 0 Å². The second-order valence-electron chi connectivity index (χ2n) is 6.64. The van der Waals surface area contributed by atoms with Crippen LogP contribution in [-0.4, -0.2) is 4.98 Å². The van der Waals surface area contributed by atoms with Crippen LogP contribution in [0.25, 0.3) is 0 Å². The summed E-state index contributed by atoms with van der Waals surface area (Å²) in [5.74, 6) is 0. The minimum absolute atomic E-state index is 0.00103. The fourth-order valence-electron chi connectivity index (χ4n) is 2.70. The van der Waals surface area contributed by atoms with Crippen molar-refractivity contribution < 1.29 is 8.78 Å². The summed E-state index contributed by atoms with van der Waals surface area (Å²) in [6.07, 6.45) is -1.10. The Bertz CT molecular complexity index is 730. The molecule has 0 saturated carbocycles. The number of H-pyrrole nitrogens is 1. The molecule has 0 aliphatic heterocycles. The first-order valence-electron chi connectivity index (χ1n) is 7.85. The lowest BCUT2D eigenvalue weighted by Gasteiger charge is -2.25. The molecule has 0 aliphatic rings. The molecule has 23 heavy (non-hydrogen) atoms. The van der Waals surface area contributed by atoms with Crippen LogP contribution in [0.3, 0.4) is 0 Å². The number of nitrogens with one attached hydrogen (secondary N) is 1. The van der Waals surface area contributed by atoms with Gasteiger partial charge in [0.25, 0.3) is 12.0 Å². The number of alkyl halides is 2. The maximum Gasteiger partial charge on any atom is 0.263 e. The van der Waals surface area contributed by atoms with Crippen LogP contribution >= 0.6 is 0 Å². The van der Waals surface area contributed by atoms with Crippen molar-refractivity contribution in [3.8, 4) is 0 Å². The van der Waals surface area contributed by atoms with Crippen LogP contribution in [0.4, 0.5) is 8.78 Å². The van der Waals surface area contributed by atoms with Crippen LogP contribution in [0.5, 0.6) is 0 Å². The van der Waals surface area contributed by atoms with Crippen molar-refractivity contribution in [2.24, 2.45) is 0 Å². The number of aryl methyl sites for hydroxylation is 1. The number of hydrogen-bond donors (Lipinski definition) is 1. The normalized spacial score (nSPS) is 12.0. The van der Waals surface area contributed by atoms with Gasteiger partial charge in [-0.25, -0.2) is 8.78 Å². The quantitative estimate of drug-likeness (QED) is 0.835. The monoisotopic (exact) mass is 319 g/mol. The third-order valence-electron chi connectivity index (χ3n) is 4.50. The molecule has 0 bridgehead atoms. The highest BCUT2D eigenvalue weighted by molar-refractivity contribution is 5.33. The summed E-state index contributed by atoms with van der Waals surface area (Å²) in [5.41, 5.74) is 3.33. The van der Waals surface area contributed by atoms with Crippen LogP contribution in [0.1, 0.15) is 61.6 Å². The Morgan fingerprint density at radius 1 is 1.17 bits per heavy atom. The molecule has 2 rings (SSSR count).